The van der Waals surface area contributed by atoms with Crippen molar-refractivity contribution >= 4 is 11.3 Å². The molecule has 0 spiro atoms. The van der Waals surface area contributed by atoms with Gasteiger partial charge in [-0.1, -0.05) is 27.7 Å². The largest absolute Gasteiger partial charge is 0.364 e. The summed E-state index contributed by atoms with van der Waals surface area (Å²) in [6.45, 7) is 9.29. The SMILES string of the molecule is CC(C)CC(CN)Nc1nccn2nc(C(C)C)cc12. The van der Waals surface area contributed by atoms with E-state index in [2.05, 4.69) is 49.2 Å². The first-order valence-electron chi connectivity index (χ1n) is 7.32. The Labute approximate surface area is 120 Å². The van der Waals surface area contributed by atoms with Crippen molar-refractivity contribution < 1.29 is 0 Å². The van der Waals surface area contributed by atoms with E-state index in [0.29, 0.717) is 18.4 Å². The molecule has 2 rings (SSSR count). The van der Waals surface area contributed by atoms with Crippen molar-refractivity contribution in [3.05, 3.63) is 24.2 Å². The minimum absolute atomic E-state index is 0.242. The quantitative estimate of drug-likeness (QED) is 0.850. The van der Waals surface area contributed by atoms with Gasteiger partial charge in [-0.2, -0.15) is 5.10 Å². The molecule has 110 valence electrons. The van der Waals surface area contributed by atoms with Crippen molar-refractivity contribution in [3.63, 3.8) is 0 Å². The van der Waals surface area contributed by atoms with Crippen LogP contribution < -0.4 is 11.1 Å². The van der Waals surface area contributed by atoms with Crippen LogP contribution in [0.4, 0.5) is 5.82 Å². The Hall–Kier alpha value is -1.62. The number of rotatable bonds is 6. The summed E-state index contributed by atoms with van der Waals surface area (Å²) in [4.78, 5) is 4.45. The van der Waals surface area contributed by atoms with Crippen molar-refractivity contribution in [3.8, 4) is 0 Å². The zero-order valence-electron chi connectivity index (χ0n) is 12.8. The van der Waals surface area contributed by atoms with E-state index in [-0.39, 0.29) is 6.04 Å². The lowest BCUT2D eigenvalue weighted by Crippen LogP contribution is -2.30. The molecule has 20 heavy (non-hydrogen) atoms. The van der Waals surface area contributed by atoms with Crippen molar-refractivity contribution in [2.45, 2.75) is 46.1 Å². The third-order valence-electron chi connectivity index (χ3n) is 3.38. The Bertz CT molecular complexity index is 558. The van der Waals surface area contributed by atoms with Gasteiger partial charge in [-0.3, -0.25) is 0 Å². The van der Waals surface area contributed by atoms with Gasteiger partial charge in [0.1, 0.15) is 5.52 Å². The molecule has 5 heteroatoms. The standard InChI is InChI=1S/C15H25N5/c1-10(2)7-12(9-16)18-15-14-8-13(11(3)4)19-20(14)6-5-17-15/h5-6,8,10-12H,7,9,16H2,1-4H3,(H,17,18). The molecule has 0 saturated heterocycles. The topological polar surface area (TPSA) is 68.2 Å². The summed E-state index contributed by atoms with van der Waals surface area (Å²) < 4.78 is 1.88. The molecule has 2 aromatic heterocycles. The van der Waals surface area contributed by atoms with Gasteiger partial charge in [0.25, 0.3) is 0 Å². The highest BCUT2D eigenvalue weighted by Crippen LogP contribution is 2.21. The molecule has 0 fully saturated rings. The average molecular weight is 275 g/mol. The number of aromatic nitrogens is 3. The van der Waals surface area contributed by atoms with Crippen LogP contribution in [-0.4, -0.2) is 27.2 Å². The molecule has 0 aliphatic carbocycles. The molecule has 1 unspecified atom stereocenters. The number of hydrogen-bond acceptors (Lipinski definition) is 4. The number of nitrogens with two attached hydrogens (primary N) is 1. The van der Waals surface area contributed by atoms with Gasteiger partial charge in [-0.05, 0) is 24.3 Å². The molecule has 2 heterocycles. The number of nitrogens with zero attached hydrogens (tertiary/aromatic N) is 3. The van der Waals surface area contributed by atoms with Crippen LogP contribution in [0.3, 0.4) is 0 Å². The second kappa shape index (κ2) is 6.22. The summed E-state index contributed by atoms with van der Waals surface area (Å²) in [5, 5.41) is 8.03. The molecule has 0 radical (unpaired) electrons. The predicted molar refractivity (Wildman–Crippen MR) is 83.0 cm³/mol. The van der Waals surface area contributed by atoms with Crippen LogP contribution in [0.2, 0.25) is 0 Å². The maximum Gasteiger partial charge on any atom is 0.152 e. The number of nitrogens with one attached hydrogen (secondary N) is 1. The first-order valence-corrected chi connectivity index (χ1v) is 7.32. The van der Waals surface area contributed by atoms with Gasteiger partial charge in [0, 0.05) is 25.0 Å². The van der Waals surface area contributed by atoms with E-state index in [9.17, 15) is 0 Å². The highest BCUT2D eigenvalue weighted by atomic mass is 15.2. The van der Waals surface area contributed by atoms with Crippen LogP contribution in [-0.2, 0) is 0 Å². The zero-order chi connectivity index (χ0) is 14.7. The van der Waals surface area contributed by atoms with Crippen molar-refractivity contribution in [1.29, 1.82) is 0 Å². The normalized spacial score (nSPS) is 13.3. The number of anilines is 1. The highest BCUT2D eigenvalue weighted by Gasteiger charge is 2.14. The Morgan fingerprint density at radius 3 is 2.65 bits per heavy atom. The van der Waals surface area contributed by atoms with Gasteiger partial charge >= 0.3 is 0 Å². The summed E-state index contributed by atoms with van der Waals surface area (Å²) in [7, 11) is 0. The molecule has 0 aromatic carbocycles. The second-order valence-electron chi connectivity index (χ2n) is 6.04. The molecular weight excluding hydrogens is 250 g/mol. The Morgan fingerprint density at radius 1 is 1.30 bits per heavy atom. The number of hydrogen-bond donors (Lipinski definition) is 2. The first-order chi connectivity index (χ1) is 9.51. The summed E-state index contributed by atoms with van der Waals surface area (Å²) in [6, 6.07) is 2.34. The van der Waals surface area contributed by atoms with Crippen LogP contribution in [0.5, 0.6) is 0 Å². The lowest BCUT2D eigenvalue weighted by Gasteiger charge is -2.19. The van der Waals surface area contributed by atoms with Crippen LogP contribution in [0, 0.1) is 5.92 Å². The van der Waals surface area contributed by atoms with Gasteiger partial charge in [-0.15, -0.1) is 0 Å². The van der Waals surface area contributed by atoms with E-state index in [1.807, 2.05) is 10.7 Å². The number of fused-ring (bicyclic) bond motifs is 1. The Balaban J connectivity index is 2.29. The first kappa shape index (κ1) is 14.8. The zero-order valence-corrected chi connectivity index (χ0v) is 12.8. The predicted octanol–water partition coefficient (Wildman–Crippen LogP) is 2.64. The van der Waals surface area contributed by atoms with E-state index in [0.717, 1.165) is 23.4 Å². The molecule has 2 aromatic rings. The Morgan fingerprint density at radius 2 is 2.05 bits per heavy atom. The van der Waals surface area contributed by atoms with Crippen molar-refractivity contribution in [2.24, 2.45) is 11.7 Å². The maximum atomic E-state index is 5.85. The molecule has 0 bridgehead atoms. The minimum Gasteiger partial charge on any atom is -0.364 e. The van der Waals surface area contributed by atoms with Gasteiger partial charge in [0.15, 0.2) is 5.82 Å². The lowest BCUT2D eigenvalue weighted by atomic mass is 10.0. The smallest absolute Gasteiger partial charge is 0.152 e. The van der Waals surface area contributed by atoms with Gasteiger partial charge < -0.3 is 11.1 Å². The highest BCUT2D eigenvalue weighted by molar-refractivity contribution is 5.68. The third kappa shape index (κ3) is 3.28. The van der Waals surface area contributed by atoms with Crippen LogP contribution in [0.1, 0.15) is 45.7 Å². The van der Waals surface area contributed by atoms with Gasteiger partial charge in [0.2, 0.25) is 0 Å². The second-order valence-corrected chi connectivity index (χ2v) is 6.04. The van der Waals surface area contributed by atoms with Crippen LogP contribution in [0.25, 0.3) is 5.52 Å². The van der Waals surface area contributed by atoms with E-state index in [1.54, 1.807) is 6.20 Å². The third-order valence-corrected chi connectivity index (χ3v) is 3.38. The van der Waals surface area contributed by atoms with Gasteiger partial charge in [0.05, 0.1) is 5.69 Å². The molecule has 0 aliphatic rings. The van der Waals surface area contributed by atoms with Gasteiger partial charge in [-0.25, -0.2) is 9.50 Å². The van der Waals surface area contributed by atoms with Crippen molar-refractivity contribution in [1.82, 2.24) is 14.6 Å². The van der Waals surface area contributed by atoms with Crippen LogP contribution >= 0.6 is 0 Å². The molecule has 5 nitrogen and oxygen atoms in total. The monoisotopic (exact) mass is 275 g/mol. The van der Waals surface area contributed by atoms with Crippen LogP contribution in [0.15, 0.2) is 18.5 Å². The summed E-state index contributed by atoms with van der Waals surface area (Å²) in [5.41, 5.74) is 7.94. The summed E-state index contributed by atoms with van der Waals surface area (Å²) in [6.07, 6.45) is 4.69. The molecule has 3 N–H and O–H groups in total. The van der Waals surface area contributed by atoms with E-state index in [1.165, 1.54) is 0 Å². The average Bonchev–Trinajstić information content (AvgIpc) is 2.82. The fourth-order valence-corrected chi connectivity index (χ4v) is 2.31. The maximum absolute atomic E-state index is 5.85. The van der Waals surface area contributed by atoms with E-state index < -0.39 is 0 Å². The van der Waals surface area contributed by atoms with E-state index in [4.69, 9.17) is 5.73 Å². The fourth-order valence-electron chi connectivity index (χ4n) is 2.31. The molecule has 1 atom stereocenters. The summed E-state index contributed by atoms with van der Waals surface area (Å²) in [5.74, 6) is 1.87. The van der Waals surface area contributed by atoms with E-state index >= 15 is 0 Å². The van der Waals surface area contributed by atoms with Crippen molar-refractivity contribution in [2.75, 3.05) is 11.9 Å². The summed E-state index contributed by atoms with van der Waals surface area (Å²) >= 11 is 0. The molecular formula is C15H25N5. The molecule has 0 saturated carbocycles. The molecule has 0 aliphatic heterocycles. The minimum atomic E-state index is 0.242. The lowest BCUT2D eigenvalue weighted by molar-refractivity contribution is 0.521. The molecule has 0 amide bonds. The fraction of sp³-hybridized carbons (Fsp3) is 0.600. The Kier molecular flexibility index (Phi) is 4.60.